The predicted octanol–water partition coefficient (Wildman–Crippen LogP) is 4.41. The summed E-state index contributed by atoms with van der Waals surface area (Å²) in [7, 11) is 0. The Morgan fingerprint density at radius 2 is 1.04 bits per heavy atom. The molecule has 0 fully saturated rings. The second-order valence-corrected chi connectivity index (χ2v) is 5.23. The maximum absolute atomic E-state index is 9.39. The topological polar surface area (TPSA) is 80.9 Å². The Balaban J connectivity index is 1.74. The molecule has 0 spiro atoms. The Labute approximate surface area is 135 Å². The van der Waals surface area contributed by atoms with E-state index >= 15 is 0 Å². The molecular formula is C19H20O4. The van der Waals surface area contributed by atoms with Crippen molar-refractivity contribution in [3.05, 3.63) is 59.7 Å². The largest absolute Gasteiger partial charge is 0.504 e. The Bertz CT molecular complexity index is 656. The van der Waals surface area contributed by atoms with Crippen molar-refractivity contribution in [2.45, 2.75) is 19.3 Å². The van der Waals surface area contributed by atoms with Crippen molar-refractivity contribution in [1.82, 2.24) is 0 Å². The quantitative estimate of drug-likeness (QED) is 0.470. The van der Waals surface area contributed by atoms with Crippen LogP contribution in [0.25, 0.3) is 12.2 Å². The van der Waals surface area contributed by atoms with Crippen molar-refractivity contribution in [3.63, 3.8) is 0 Å². The van der Waals surface area contributed by atoms with Crippen molar-refractivity contribution in [2.24, 2.45) is 0 Å². The predicted molar refractivity (Wildman–Crippen MR) is 91.5 cm³/mol. The maximum atomic E-state index is 9.39. The third-order valence-electron chi connectivity index (χ3n) is 3.36. The summed E-state index contributed by atoms with van der Waals surface area (Å²) in [5, 5.41) is 37.2. The minimum absolute atomic E-state index is 0.118. The molecular weight excluding hydrogens is 292 g/mol. The zero-order valence-electron chi connectivity index (χ0n) is 12.7. The molecule has 0 aliphatic heterocycles. The smallest absolute Gasteiger partial charge is 0.157 e. The van der Waals surface area contributed by atoms with Gasteiger partial charge in [-0.3, -0.25) is 0 Å². The van der Waals surface area contributed by atoms with Crippen LogP contribution < -0.4 is 0 Å². The SMILES string of the molecule is Oc1ccc(/C=C/CCC/C=C/c2ccc(O)c(O)c2)cc1O. The van der Waals surface area contributed by atoms with E-state index in [1.165, 1.54) is 24.3 Å². The molecule has 4 heteroatoms. The number of benzene rings is 2. The average molecular weight is 312 g/mol. The molecule has 0 bridgehead atoms. The molecule has 0 aliphatic rings. The first-order chi connectivity index (χ1) is 11.1. The first-order valence-corrected chi connectivity index (χ1v) is 7.43. The minimum Gasteiger partial charge on any atom is -0.504 e. The summed E-state index contributed by atoms with van der Waals surface area (Å²) in [6.45, 7) is 0. The van der Waals surface area contributed by atoms with Gasteiger partial charge in [0.1, 0.15) is 0 Å². The lowest BCUT2D eigenvalue weighted by molar-refractivity contribution is 0.403. The fraction of sp³-hybridized carbons (Fsp3) is 0.158. The first kappa shape index (κ1) is 16.5. The number of aromatic hydroxyl groups is 4. The van der Waals surface area contributed by atoms with Crippen LogP contribution in [0.4, 0.5) is 0 Å². The second-order valence-electron chi connectivity index (χ2n) is 5.23. The summed E-state index contributed by atoms with van der Waals surface area (Å²) in [6, 6.07) is 9.44. The molecule has 0 atom stereocenters. The molecule has 4 nitrogen and oxygen atoms in total. The molecule has 2 rings (SSSR count). The molecule has 0 amide bonds. The summed E-state index contributed by atoms with van der Waals surface area (Å²) in [4.78, 5) is 0. The van der Waals surface area contributed by atoms with Crippen molar-refractivity contribution < 1.29 is 20.4 Å². The number of unbranched alkanes of at least 4 members (excludes halogenated alkanes) is 2. The molecule has 0 unspecified atom stereocenters. The van der Waals surface area contributed by atoms with Gasteiger partial charge < -0.3 is 20.4 Å². The number of allylic oxidation sites excluding steroid dienone is 2. The molecule has 0 heterocycles. The van der Waals surface area contributed by atoms with E-state index in [0.717, 1.165) is 30.4 Å². The molecule has 23 heavy (non-hydrogen) atoms. The molecule has 120 valence electrons. The van der Waals surface area contributed by atoms with E-state index in [9.17, 15) is 20.4 Å². The second kappa shape index (κ2) is 7.94. The van der Waals surface area contributed by atoms with Gasteiger partial charge in [0.2, 0.25) is 0 Å². The molecule has 0 saturated heterocycles. The number of rotatable bonds is 6. The Hall–Kier alpha value is -2.88. The molecule has 0 radical (unpaired) electrons. The molecule has 0 saturated carbocycles. The number of phenols is 4. The maximum Gasteiger partial charge on any atom is 0.157 e. The van der Waals surface area contributed by atoms with Gasteiger partial charge in [-0.1, -0.05) is 36.4 Å². The summed E-state index contributed by atoms with van der Waals surface area (Å²) >= 11 is 0. The summed E-state index contributed by atoms with van der Waals surface area (Å²) in [5.41, 5.74) is 1.69. The van der Waals surface area contributed by atoms with Crippen LogP contribution in [0.5, 0.6) is 23.0 Å². The normalized spacial score (nSPS) is 11.5. The lowest BCUT2D eigenvalue weighted by atomic mass is 10.1. The van der Waals surface area contributed by atoms with E-state index in [1.807, 2.05) is 24.3 Å². The average Bonchev–Trinajstić information content (AvgIpc) is 2.53. The Morgan fingerprint density at radius 1 is 0.609 bits per heavy atom. The Morgan fingerprint density at radius 3 is 1.43 bits per heavy atom. The van der Waals surface area contributed by atoms with Gasteiger partial charge in [0, 0.05) is 0 Å². The lowest BCUT2D eigenvalue weighted by Gasteiger charge is -1.99. The van der Waals surface area contributed by atoms with Crippen molar-refractivity contribution in [1.29, 1.82) is 0 Å². The van der Waals surface area contributed by atoms with Crippen LogP contribution in [-0.2, 0) is 0 Å². The molecule has 0 aromatic heterocycles. The van der Waals surface area contributed by atoms with Crippen molar-refractivity contribution in [3.8, 4) is 23.0 Å². The van der Waals surface area contributed by atoms with Gasteiger partial charge in [0.05, 0.1) is 0 Å². The van der Waals surface area contributed by atoms with Crippen molar-refractivity contribution >= 4 is 12.2 Å². The highest BCUT2D eigenvalue weighted by Gasteiger charge is 1.98. The summed E-state index contributed by atoms with van der Waals surface area (Å²) in [5.74, 6) is -0.473. The number of phenolic OH excluding ortho intramolecular Hbond substituents is 4. The lowest BCUT2D eigenvalue weighted by Crippen LogP contribution is -1.75. The monoisotopic (exact) mass is 312 g/mol. The number of hydrogen-bond acceptors (Lipinski definition) is 4. The van der Waals surface area contributed by atoms with E-state index in [2.05, 4.69) is 0 Å². The van der Waals surface area contributed by atoms with Crippen LogP contribution in [-0.4, -0.2) is 20.4 Å². The van der Waals surface area contributed by atoms with Gasteiger partial charge in [-0.25, -0.2) is 0 Å². The van der Waals surface area contributed by atoms with Gasteiger partial charge in [-0.15, -0.1) is 0 Å². The highest BCUT2D eigenvalue weighted by atomic mass is 16.3. The van der Waals surface area contributed by atoms with Crippen LogP contribution in [0.3, 0.4) is 0 Å². The zero-order valence-corrected chi connectivity index (χ0v) is 12.7. The third kappa shape index (κ3) is 5.11. The fourth-order valence-corrected chi connectivity index (χ4v) is 2.08. The van der Waals surface area contributed by atoms with E-state index in [4.69, 9.17) is 0 Å². The highest BCUT2D eigenvalue weighted by molar-refractivity contribution is 5.55. The molecule has 2 aromatic carbocycles. The van der Waals surface area contributed by atoms with E-state index in [-0.39, 0.29) is 23.0 Å². The minimum atomic E-state index is -0.118. The standard InChI is InChI=1S/C19H20O4/c20-16-10-8-14(12-18(16)22)6-4-2-1-3-5-7-15-9-11-17(21)19(23)13-15/h4-13,20-23H,1-3H2/b6-4+,7-5+. The summed E-state index contributed by atoms with van der Waals surface area (Å²) < 4.78 is 0. The van der Waals surface area contributed by atoms with Gasteiger partial charge in [0.15, 0.2) is 23.0 Å². The molecule has 2 aromatic rings. The van der Waals surface area contributed by atoms with E-state index in [0.29, 0.717) is 0 Å². The summed E-state index contributed by atoms with van der Waals surface area (Å²) in [6.07, 6.45) is 10.6. The van der Waals surface area contributed by atoms with Crippen molar-refractivity contribution in [2.75, 3.05) is 0 Å². The van der Waals surface area contributed by atoms with E-state index in [1.54, 1.807) is 12.1 Å². The van der Waals surface area contributed by atoms with Crippen LogP contribution in [0, 0.1) is 0 Å². The van der Waals surface area contributed by atoms with Crippen LogP contribution >= 0.6 is 0 Å². The molecule has 0 aliphatic carbocycles. The van der Waals surface area contributed by atoms with Crippen LogP contribution in [0.2, 0.25) is 0 Å². The van der Waals surface area contributed by atoms with E-state index < -0.39 is 0 Å². The first-order valence-electron chi connectivity index (χ1n) is 7.43. The molecule has 4 N–H and O–H groups in total. The highest BCUT2D eigenvalue weighted by Crippen LogP contribution is 2.26. The third-order valence-corrected chi connectivity index (χ3v) is 3.36. The van der Waals surface area contributed by atoms with Crippen LogP contribution in [0.1, 0.15) is 30.4 Å². The van der Waals surface area contributed by atoms with Gasteiger partial charge in [-0.2, -0.15) is 0 Å². The van der Waals surface area contributed by atoms with Crippen LogP contribution in [0.15, 0.2) is 48.6 Å². The Kier molecular flexibility index (Phi) is 5.69. The zero-order chi connectivity index (χ0) is 16.7. The van der Waals surface area contributed by atoms with Gasteiger partial charge >= 0.3 is 0 Å². The number of hydrogen-bond donors (Lipinski definition) is 4. The van der Waals surface area contributed by atoms with Gasteiger partial charge in [0.25, 0.3) is 0 Å². The van der Waals surface area contributed by atoms with Gasteiger partial charge in [-0.05, 0) is 54.7 Å². The fourth-order valence-electron chi connectivity index (χ4n) is 2.08.